The van der Waals surface area contributed by atoms with E-state index < -0.39 is 0 Å². The Bertz CT molecular complexity index is 853. The molecule has 7 heteroatoms. The summed E-state index contributed by atoms with van der Waals surface area (Å²) < 4.78 is 2.33. The minimum Gasteiger partial charge on any atom is -0.339 e. The van der Waals surface area contributed by atoms with Crippen molar-refractivity contribution in [1.29, 1.82) is 0 Å². The Morgan fingerprint density at radius 3 is 2.45 bits per heavy atom. The quantitative estimate of drug-likeness (QED) is 0.653. The molecule has 2 saturated carbocycles. The van der Waals surface area contributed by atoms with Gasteiger partial charge >= 0.3 is 0 Å². The van der Waals surface area contributed by atoms with Gasteiger partial charge in [-0.1, -0.05) is 42.1 Å². The molecule has 0 N–H and O–H groups in total. The predicted octanol–water partition coefficient (Wildman–Crippen LogP) is 3.49. The molecule has 0 unspecified atom stereocenters. The van der Waals surface area contributed by atoms with Crippen molar-refractivity contribution in [2.24, 2.45) is 0 Å². The molecule has 2 aliphatic carbocycles. The Morgan fingerprint density at radius 2 is 1.79 bits per heavy atom. The first-order valence-electron chi connectivity index (χ1n) is 10.8. The Balaban J connectivity index is 1.14. The number of hydrogen-bond donors (Lipinski definition) is 0. The standard InChI is InChI=1S/C22H29N5OS/c1-16(17-5-3-2-4-6-17)25-11-13-26(14-12-25)20(28)15-29-22-24-23-21(18-7-8-18)27(22)19-9-10-19/h2-6,16,18-19H,7-15H2,1H3/t16-/m1/s1. The van der Waals surface area contributed by atoms with Crippen LogP contribution in [0.25, 0.3) is 0 Å². The van der Waals surface area contributed by atoms with Gasteiger partial charge < -0.3 is 9.47 Å². The fourth-order valence-corrected chi connectivity index (χ4v) is 5.12. The van der Waals surface area contributed by atoms with Crippen LogP contribution >= 0.6 is 11.8 Å². The van der Waals surface area contributed by atoms with Gasteiger partial charge in [-0.15, -0.1) is 10.2 Å². The average molecular weight is 412 g/mol. The number of amides is 1. The number of piperazine rings is 1. The highest BCUT2D eigenvalue weighted by Gasteiger charge is 2.36. The Morgan fingerprint density at radius 1 is 1.07 bits per heavy atom. The van der Waals surface area contributed by atoms with E-state index >= 15 is 0 Å². The van der Waals surface area contributed by atoms with E-state index in [9.17, 15) is 4.79 Å². The van der Waals surface area contributed by atoms with Gasteiger partial charge in [0.05, 0.1) is 5.75 Å². The first-order chi connectivity index (χ1) is 14.2. The molecular weight excluding hydrogens is 382 g/mol. The molecule has 6 nitrogen and oxygen atoms in total. The molecule has 5 rings (SSSR count). The summed E-state index contributed by atoms with van der Waals surface area (Å²) in [4.78, 5) is 17.3. The van der Waals surface area contributed by atoms with Gasteiger partial charge in [0, 0.05) is 44.2 Å². The normalized spacial score (nSPS) is 21.3. The van der Waals surface area contributed by atoms with Crippen LogP contribution < -0.4 is 0 Å². The SMILES string of the molecule is C[C@H](c1ccccc1)N1CCN(C(=O)CSc2nnc(C3CC3)n2C2CC2)CC1. The number of benzene rings is 1. The van der Waals surface area contributed by atoms with Gasteiger partial charge in [0.25, 0.3) is 0 Å². The summed E-state index contributed by atoms with van der Waals surface area (Å²) in [5.74, 6) is 2.45. The van der Waals surface area contributed by atoms with Crippen LogP contribution in [0.2, 0.25) is 0 Å². The molecule has 3 aliphatic rings. The summed E-state index contributed by atoms with van der Waals surface area (Å²) in [6, 6.07) is 11.6. The molecule has 1 saturated heterocycles. The summed E-state index contributed by atoms with van der Waals surface area (Å²) in [5.41, 5.74) is 1.34. The van der Waals surface area contributed by atoms with Crippen molar-refractivity contribution in [3.63, 3.8) is 0 Å². The third kappa shape index (κ3) is 4.21. The van der Waals surface area contributed by atoms with Gasteiger partial charge in [-0.3, -0.25) is 9.69 Å². The molecule has 1 aromatic heterocycles. The maximum absolute atomic E-state index is 12.8. The third-order valence-corrected chi connectivity index (χ3v) is 7.29. The van der Waals surface area contributed by atoms with Crippen molar-refractivity contribution in [1.82, 2.24) is 24.6 Å². The number of thioether (sulfide) groups is 1. The number of carbonyl (C=O) groups excluding carboxylic acids is 1. The maximum atomic E-state index is 12.8. The summed E-state index contributed by atoms with van der Waals surface area (Å²) in [6.45, 7) is 5.72. The van der Waals surface area contributed by atoms with E-state index in [1.54, 1.807) is 11.8 Å². The zero-order valence-electron chi connectivity index (χ0n) is 17.0. The van der Waals surface area contributed by atoms with Gasteiger partial charge in [0.2, 0.25) is 5.91 Å². The van der Waals surface area contributed by atoms with Crippen LogP contribution in [-0.4, -0.2) is 62.4 Å². The van der Waals surface area contributed by atoms with E-state index in [0.29, 0.717) is 23.8 Å². The van der Waals surface area contributed by atoms with Crippen LogP contribution in [0.15, 0.2) is 35.5 Å². The van der Waals surface area contributed by atoms with Crippen LogP contribution in [-0.2, 0) is 4.79 Å². The average Bonchev–Trinajstić information content (AvgIpc) is 3.71. The number of carbonyl (C=O) groups is 1. The molecule has 1 atom stereocenters. The smallest absolute Gasteiger partial charge is 0.233 e. The zero-order valence-corrected chi connectivity index (χ0v) is 17.9. The largest absolute Gasteiger partial charge is 0.339 e. The van der Waals surface area contributed by atoms with Crippen LogP contribution in [0.4, 0.5) is 0 Å². The number of hydrogen-bond acceptors (Lipinski definition) is 5. The van der Waals surface area contributed by atoms with Gasteiger partial charge in [0.15, 0.2) is 5.16 Å². The van der Waals surface area contributed by atoms with Crippen LogP contribution in [0.3, 0.4) is 0 Å². The fraction of sp³-hybridized carbons (Fsp3) is 0.591. The van der Waals surface area contributed by atoms with Crippen molar-refractivity contribution < 1.29 is 4.79 Å². The molecule has 2 aromatic rings. The third-order valence-electron chi connectivity index (χ3n) is 6.37. The van der Waals surface area contributed by atoms with Gasteiger partial charge in [-0.25, -0.2) is 0 Å². The van der Waals surface area contributed by atoms with Crippen LogP contribution in [0, 0.1) is 0 Å². The molecular formula is C22H29N5OS. The van der Waals surface area contributed by atoms with E-state index in [0.717, 1.165) is 37.2 Å². The molecule has 29 heavy (non-hydrogen) atoms. The second-order valence-electron chi connectivity index (χ2n) is 8.51. The summed E-state index contributed by atoms with van der Waals surface area (Å²) >= 11 is 1.57. The Kier molecular flexibility index (Phi) is 5.35. The topological polar surface area (TPSA) is 54.3 Å². The lowest BCUT2D eigenvalue weighted by molar-refractivity contribution is -0.130. The first kappa shape index (κ1) is 19.1. The second-order valence-corrected chi connectivity index (χ2v) is 9.45. The number of aromatic nitrogens is 3. The molecule has 3 fully saturated rings. The van der Waals surface area contributed by atoms with Crippen LogP contribution in [0.1, 0.15) is 62.0 Å². The number of nitrogens with zero attached hydrogens (tertiary/aromatic N) is 5. The van der Waals surface area contributed by atoms with E-state index in [2.05, 4.69) is 56.9 Å². The molecule has 0 spiro atoms. The van der Waals surface area contributed by atoms with Crippen molar-refractivity contribution in [3.05, 3.63) is 41.7 Å². The summed E-state index contributed by atoms with van der Waals surface area (Å²) in [7, 11) is 0. The second kappa shape index (κ2) is 8.11. The van der Waals surface area contributed by atoms with Crippen molar-refractivity contribution >= 4 is 17.7 Å². The molecule has 154 valence electrons. The summed E-state index contributed by atoms with van der Waals surface area (Å²) in [6.07, 6.45) is 4.92. The fourth-order valence-electron chi connectivity index (χ4n) is 4.20. The highest BCUT2D eigenvalue weighted by molar-refractivity contribution is 7.99. The monoisotopic (exact) mass is 411 g/mol. The summed E-state index contributed by atoms with van der Waals surface area (Å²) in [5, 5.41) is 9.81. The molecule has 2 heterocycles. The number of rotatable bonds is 7. The van der Waals surface area contributed by atoms with Crippen molar-refractivity contribution in [2.75, 3.05) is 31.9 Å². The van der Waals surface area contributed by atoms with E-state index in [1.165, 1.54) is 31.2 Å². The van der Waals surface area contributed by atoms with Crippen molar-refractivity contribution in [3.8, 4) is 0 Å². The van der Waals surface area contributed by atoms with E-state index in [1.807, 2.05) is 4.90 Å². The van der Waals surface area contributed by atoms with E-state index in [-0.39, 0.29) is 5.91 Å². The van der Waals surface area contributed by atoms with Gasteiger partial charge in [0.1, 0.15) is 5.82 Å². The Hall–Kier alpha value is -1.86. The molecule has 0 radical (unpaired) electrons. The molecule has 1 aliphatic heterocycles. The molecule has 0 bridgehead atoms. The Labute approximate surface area is 176 Å². The highest BCUT2D eigenvalue weighted by atomic mass is 32.2. The minimum absolute atomic E-state index is 0.223. The lowest BCUT2D eigenvalue weighted by Gasteiger charge is -2.38. The lowest BCUT2D eigenvalue weighted by Crippen LogP contribution is -2.49. The maximum Gasteiger partial charge on any atom is 0.233 e. The van der Waals surface area contributed by atoms with Crippen LogP contribution in [0.5, 0.6) is 0 Å². The first-order valence-corrected chi connectivity index (χ1v) is 11.8. The van der Waals surface area contributed by atoms with Crippen molar-refractivity contribution in [2.45, 2.75) is 55.8 Å². The molecule has 1 aromatic carbocycles. The minimum atomic E-state index is 0.223. The van der Waals surface area contributed by atoms with Gasteiger partial charge in [-0.2, -0.15) is 0 Å². The highest BCUT2D eigenvalue weighted by Crippen LogP contribution is 2.46. The molecule has 1 amide bonds. The van der Waals surface area contributed by atoms with Gasteiger partial charge in [-0.05, 0) is 38.2 Å². The lowest BCUT2D eigenvalue weighted by atomic mass is 10.1. The predicted molar refractivity (Wildman–Crippen MR) is 114 cm³/mol. The zero-order chi connectivity index (χ0) is 19.8. The van der Waals surface area contributed by atoms with E-state index in [4.69, 9.17) is 0 Å².